The third kappa shape index (κ3) is 16.2. The predicted molar refractivity (Wildman–Crippen MR) is 63.6 cm³/mol. The van der Waals surface area contributed by atoms with Crippen LogP contribution in [0.25, 0.3) is 0 Å². The van der Waals surface area contributed by atoms with Gasteiger partial charge in [-0.05, 0) is 0 Å². The Morgan fingerprint density at radius 1 is 0.882 bits per heavy atom. The Kier molecular flexibility index (Phi) is 28.2. The SMILES string of the molecule is C=C.CC1=CC[C-]=C1.CC1=CC[C-]=C1.[Cl-].[Cl-].[Zr+4]. The Balaban J connectivity index is -0.0000000752. The van der Waals surface area contributed by atoms with Gasteiger partial charge in [0.25, 0.3) is 0 Å². The van der Waals surface area contributed by atoms with Gasteiger partial charge in [-0.3, -0.25) is 12.2 Å². The molecule has 0 saturated carbocycles. The summed E-state index contributed by atoms with van der Waals surface area (Å²) in [5.74, 6) is 0. The van der Waals surface area contributed by atoms with Crippen LogP contribution in [0.1, 0.15) is 26.7 Å². The molecule has 0 aromatic carbocycles. The van der Waals surface area contributed by atoms with Crippen LogP contribution in [0.2, 0.25) is 0 Å². The molecule has 0 saturated heterocycles. The Morgan fingerprint density at radius 3 is 1.24 bits per heavy atom. The Bertz CT molecular complexity index is 242. The summed E-state index contributed by atoms with van der Waals surface area (Å²) in [5, 5.41) is 0. The van der Waals surface area contributed by atoms with Crippen molar-refractivity contribution >= 4 is 0 Å². The van der Waals surface area contributed by atoms with Crippen LogP contribution in [-0.2, 0) is 26.2 Å². The quantitative estimate of drug-likeness (QED) is 0.358. The van der Waals surface area contributed by atoms with Crippen LogP contribution in [0.5, 0.6) is 0 Å². The first-order valence-corrected chi connectivity index (χ1v) is 4.76. The smallest absolute Gasteiger partial charge is 1.00 e. The average molecular weight is 348 g/mol. The van der Waals surface area contributed by atoms with Crippen molar-refractivity contribution in [3.8, 4) is 0 Å². The largest absolute Gasteiger partial charge is 4.00 e. The van der Waals surface area contributed by atoms with E-state index in [9.17, 15) is 0 Å². The molecule has 0 N–H and O–H groups in total. The fraction of sp³-hybridized carbons (Fsp3) is 0.286. The van der Waals surface area contributed by atoms with E-state index in [1.54, 1.807) is 0 Å². The fourth-order valence-corrected chi connectivity index (χ4v) is 0.998. The Morgan fingerprint density at radius 2 is 1.18 bits per heavy atom. The van der Waals surface area contributed by atoms with Crippen LogP contribution in [0.4, 0.5) is 0 Å². The summed E-state index contributed by atoms with van der Waals surface area (Å²) >= 11 is 0. The van der Waals surface area contributed by atoms with Crippen molar-refractivity contribution in [3.63, 3.8) is 0 Å². The molecule has 0 amide bonds. The minimum atomic E-state index is 0. The van der Waals surface area contributed by atoms with Crippen LogP contribution >= 0.6 is 0 Å². The number of halogens is 2. The molecule has 0 aromatic rings. The molecule has 0 heterocycles. The molecule has 92 valence electrons. The molecule has 0 aromatic heterocycles. The van der Waals surface area contributed by atoms with E-state index in [1.807, 2.05) is 12.2 Å². The van der Waals surface area contributed by atoms with Gasteiger partial charge in [-0.1, -0.05) is 0 Å². The first-order chi connectivity index (χ1) is 6.79. The second kappa shape index (κ2) is 18.5. The minimum absolute atomic E-state index is 0. The molecule has 0 nitrogen and oxygen atoms in total. The summed E-state index contributed by atoms with van der Waals surface area (Å²) in [6.45, 7) is 10.2. The molecule has 0 spiro atoms. The van der Waals surface area contributed by atoms with Gasteiger partial charge in [-0.25, -0.2) is 23.3 Å². The van der Waals surface area contributed by atoms with E-state index in [2.05, 4.69) is 51.3 Å². The van der Waals surface area contributed by atoms with Crippen molar-refractivity contribution in [3.05, 3.63) is 60.8 Å². The molecular formula is C14H18Cl2Zr. The molecular weight excluding hydrogens is 330 g/mol. The van der Waals surface area contributed by atoms with Crippen LogP contribution in [-0.4, -0.2) is 0 Å². The van der Waals surface area contributed by atoms with Crippen molar-refractivity contribution < 1.29 is 51.0 Å². The molecule has 0 radical (unpaired) electrons. The van der Waals surface area contributed by atoms with Crippen LogP contribution < -0.4 is 24.8 Å². The Labute approximate surface area is 138 Å². The zero-order chi connectivity index (χ0) is 10.8. The van der Waals surface area contributed by atoms with Gasteiger partial charge in [0.1, 0.15) is 0 Å². The Hall–Kier alpha value is 0.163. The maximum absolute atomic E-state index is 3.05. The first-order valence-electron chi connectivity index (χ1n) is 4.76. The van der Waals surface area contributed by atoms with Crippen molar-refractivity contribution in [2.45, 2.75) is 26.7 Å². The topological polar surface area (TPSA) is 0 Å². The molecule has 0 atom stereocenters. The van der Waals surface area contributed by atoms with Gasteiger partial charge in [0.15, 0.2) is 0 Å². The maximum atomic E-state index is 3.05. The summed E-state index contributed by atoms with van der Waals surface area (Å²) in [7, 11) is 0. The van der Waals surface area contributed by atoms with Crippen molar-refractivity contribution in [1.82, 2.24) is 0 Å². The summed E-state index contributed by atoms with van der Waals surface area (Å²) in [6.07, 6.45) is 16.5. The second-order valence-corrected chi connectivity index (χ2v) is 3.00. The van der Waals surface area contributed by atoms with Crippen LogP contribution in [0, 0.1) is 12.2 Å². The van der Waals surface area contributed by atoms with E-state index >= 15 is 0 Å². The van der Waals surface area contributed by atoms with Gasteiger partial charge in [0.05, 0.1) is 0 Å². The molecule has 0 fully saturated rings. The molecule has 2 aliphatic carbocycles. The molecule has 0 aliphatic heterocycles. The normalized spacial score (nSPS) is 13.3. The predicted octanol–water partition coefficient (Wildman–Crippen LogP) is -1.80. The molecule has 0 unspecified atom stereocenters. The molecule has 3 heteroatoms. The number of hydrogen-bond donors (Lipinski definition) is 0. The van der Waals surface area contributed by atoms with E-state index in [4.69, 9.17) is 0 Å². The van der Waals surface area contributed by atoms with Gasteiger partial charge in [-0.15, -0.1) is 39.8 Å². The fourth-order valence-electron chi connectivity index (χ4n) is 0.998. The van der Waals surface area contributed by atoms with E-state index < -0.39 is 0 Å². The van der Waals surface area contributed by atoms with Gasteiger partial charge in [-0.2, -0.15) is 12.2 Å². The first kappa shape index (κ1) is 25.9. The van der Waals surface area contributed by atoms with Gasteiger partial charge in [0, 0.05) is 0 Å². The molecule has 0 bridgehead atoms. The van der Waals surface area contributed by atoms with Crippen LogP contribution in [0.3, 0.4) is 0 Å². The zero-order valence-electron chi connectivity index (χ0n) is 10.4. The van der Waals surface area contributed by atoms with Gasteiger partial charge >= 0.3 is 26.2 Å². The second-order valence-electron chi connectivity index (χ2n) is 3.00. The standard InChI is InChI=1S/2C6H7.C2H4.2ClH.Zr/c2*1-6-4-2-3-5-6;1-2;;;/h2*4-5H,2H2,1H3;1-2H2;2*1H;/q2*-1;;;;+4/p-2. The molecule has 2 aliphatic rings. The molecule has 2 rings (SSSR count). The van der Waals surface area contributed by atoms with Crippen molar-refractivity contribution in [2.24, 2.45) is 0 Å². The number of rotatable bonds is 0. The van der Waals surface area contributed by atoms with Crippen LogP contribution in [0.15, 0.2) is 48.6 Å². The summed E-state index contributed by atoms with van der Waals surface area (Å²) in [5.41, 5.74) is 2.69. The van der Waals surface area contributed by atoms with E-state index in [0.29, 0.717) is 0 Å². The summed E-state index contributed by atoms with van der Waals surface area (Å²) in [4.78, 5) is 0. The summed E-state index contributed by atoms with van der Waals surface area (Å²) < 4.78 is 0. The molecule has 17 heavy (non-hydrogen) atoms. The summed E-state index contributed by atoms with van der Waals surface area (Å²) in [6, 6.07) is 0. The third-order valence-corrected chi connectivity index (χ3v) is 1.74. The van der Waals surface area contributed by atoms with E-state index in [1.165, 1.54) is 11.1 Å². The van der Waals surface area contributed by atoms with Crippen molar-refractivity contribution in [1.29, 1.82) is 0 Å². The van der Waals surface area contributed by atoms with Crippen molar-refractivity contribution in [2.75, 3.05) is 0 Å². The monoisotopic (exact) mass is 346 g/mol. The minimum Gasteiger partial charge on any atom is -1.00 e. The third-order valence-electron chi connectivity index (χ3n) is 1.74. The average Bonchev–Trinajstić information content (AvgIpc) is 2.83. The van der Waals surface area contributed by atoms with E-state index in [0.717, 1.165) is 12.8 Å². The van der Waals surface area contributed by atoms with E-state index in [-0.39, 0.29) is 51.0 Å². The zero-order valence-corrected chi connectivity index (χ0v) is 14.4. The number of allylic oxidation sites excluding steroid dienone is 8. The van der Waals surface area contributed by atoms with Gasteiger partial charge < -0.3 is 24.8 Å². The number of hydrogen-bond acceptors (Lipinski definition) is 0. The van der Waals surface area contributed by atoms with Gasteiger partial charge in [0.2, 0.25) is 0 Å². The maximum Gasteiger partial charge on any atom is 4.00 e.